The van der Waals surface area contributed by atoms with Gasteiger partial charge in [-0.2, -0.15) is 5.10 Å². The molecule has 1 N–H and O–H groups in total. The van der Waals surface area contributed by atoms with Gasteiger partial charge < -0.3 is 10.2 Å². The Hall–Kier alpha value is -3.62. The van der Waals surface area contributed by atoms with Crippen LogP contribution in [0.5, 0.6) is 0 Å². The molecule has 1 aliphatic carbocycles. The standard InChI is InChI=1S/C29H36N6O3/c1-16(36)26-21-10-19(20-13-30-18(3)31-14-20)8-9-22(21)34(33-26)15-25(37)35-23(11-29(7)12-24(29)35)27(38)32-17(2)28(4,5)6/h8-10,13-14,17,23-24H,11-12,15H2,1-7H3,(H,32,38)/t17?,23-,24+,29-/m0/s1. The number of fused-ring (bicyclic) bond motifs is 2. The Bertz CT molecular complexity index is 1440. The summed E-state index contributed by atoms with van der Waals surface area (Å²) in [6.07, 6.45) is 5.05. The molecule has 0 radical (unpaired) electrons. The highest BCUT2D eigenvalue weighted by Gasteiger charge is 2.64. The molecule has 38 heavy (non-hydrogen) atoms. The Morgan fingerprint density at radius 1 is 1.13 bits per heavy atom. The maximum Gasteiger partial charge on any atom is 0.245 e. The molecule has 3 heterocycles. The van der Waals surface area contributed by atoms with E-state index in [1.165, 1.54) is 6.92 Å². The molecule has 200 valence electrons. The molecule has 0 bridgehead atoms. The first kappa shape index (κ1) is 26.0. The number of piperidine rings is 1. The lowest BCUT2D eigenvalue weighted by atomic mass is 9.87. The molecule has 9 nitrogen and oxygen atoms in total. The number of Topliss-reactive ketones (excluding diaryl/α,β-unsaturated/α-hetero) is 1. The molecule has 9 heteroatoms. The average molecular weight is 517 g/mol. The van der Waals surface area contributed by atoms with Crippen molar-refractivity contribution in [2.45, 2.75) is 86.0 Å². The zero-order valence-electron chi connectivity index (χ0n) is 23.2. The largest absolute Gasteiger partial charge is 0.351 e. The van der Waals surface area contributed by atoms with Crippen LogP contribution in [-0.4, -0.2) is 60.4 Å². The van der Waals surface area contributed by atoms with E-state index in [-0.39, 0.29) is 47.1 Å². The Balaban J connectivity index is 1.43. The van der Waals surface area contributed by atoms with Gasteiger partial charge in [-0.25, -0.2) is 9.97 Å². The van der Waals surface area contributed by atoms with E-state index in [1.54, 1.807) is 22.0 Å². The van der Waals surface area contributed by atoms with E-state index >= 15 is 0 Å². The highest BCUT2D eigenvalue weighted by atomic mass is 16.2. The molecule has 1 saturated heterocycles. The molecule has 1 aromatic carbocycles. The van der Waals surface area contributed by atoms with Crippen LogP contribution in [0.25, 0.3) is 22.0 Å². The maximum atomic E-state index is 13.7. The molecule has 2 aromatic heterocycles. The lowest BCUT2D eigenvalue weighted by Gasteiger charge is -2.32. The van der Waals surface area contributed by atoms with Crippen LogP contribution in [0.15, 0.2) is 30.6 Å². The van der Waals surface area contributed by atoms with Crippen LogP contribution in [0, 0.1) is 17.8 Å². The minimum absolute atomic E-state index is 0.0234. The number of nitrogens with zero attached hydrogens (tertiary/aromatic N) is 5. The summed E-state index contributed by atoms with van der Waals surface area (Å²) < 4.78 is 1.59. The predicted molar refractivity (Wildman–Crippen MR) is 144 cm³/mol. The quantitative estimate of drug-likeness (QED) is 0.497. The third-order valence-electron chi connectivity index (χ3n) is 8.37. The molecule has 1 saturated carbocycles. The number of aryl methyl sites for hydroxylation is 1. The number of hydrogen-bond acceptors (Lipinski definition) is 6. The molecular formula is C29H36N6O3. The van der Waals surface area contributed by atoms with Crippen molar-refractivity contribution in [3.05, 3.63) is 42.1 Å². The second kappa shape index (κ2) is 8.99. The molecular weight excluding hydrogens is 480 g/mol. The number of nitrogens with one attached hydrogen (secondary N) is 1. The number of benzene rings is 1. The summed E-state index contributed by atoms with van der Waals surface area (Å²) in [5.41, 5.74) is 2.60. The van der Waals surface area contributed by atoms with Gasteiger partial charge in [-0.15, -0.1) is 0 Å². The summed E-state index contributed by atoms with van der Waals surface area (Å²) in [6, 6.07) is 5.21. The van der Waals surface area contributed by atoms with Crippen molar-refractivity contribution in [2.24, 2.45) is 10.8 Å². The van der Waals surface area contributed by atoms with Crippen molar-refractivity contribution in [1.29, 1.82) is 0 Å². The van der Waals surface area contributed by atoms with Gasteiger partial charge in [0.05, 0.1) is 5.52 Å². The highest BCUT2D eigenvalue weighted by molar-refractivity contribution is 6.06. The third-order valence-corrected chi connectivity index (χ3v) is 8.37. The van der Waals surface area contributed by atoms with Crippen molar-refractivity contribution in [1.82, 2.24) is 30.0 Å². The number of likely N-dealkylation sites (tertiary alicyclic amines) is 1. The van der Waals surface area contributed by atoms with Crippen molar-refractivity contribution >= 4 is 28.5 Å². The molecule has 2 fully saturated rings. The van der Waals surface area contributed by atoms with Gasteiger partial charge in [-0.3, -0.25) is 19.1 Å². The predicted octanol–water partition coefficient (Wildman–Crippen LogP) is 3.93. The van der Waals surface area contributed by atoms with Crippen LogP contribution in [0.1, 0.15) is 70.7 Å². The molecule has 2 amide bonds. The van der Waals surface area contributed by atoms with Gasteiger partial charge in [0.1, 0.15) is 24.1 Å². The van der Waals surface area contributed by atoms with E-state index < -0.39 is 6.04 Å². The molecule has 3 aromatic rings. The minimum atomic E-state index is -0.502. The van der Waals surface area contributed by atoms with Gasteiger partial charge >= 0.3 is 0 Å². The van der Waals surface area contributed by atoms with Gasteiger partial charge in [-0.05, 0) is 55.2 Å². The zero-order valence-corrected chi connectivity index (χ0v) is 23.2. The van der Waals surface area contributed by atoms with Gasteiger partial charge in [0, 0.05) is 42.4 Å². The second-order valence-electron chi connectivity index (χ2n) is 12.3. The number of aromatic nitrogens is 4. The number of hydrogen-bond donors (Lipinski definition) is 1. The van der Waals surface area contributed by atoms with E-state index in [0.29, 0.717) is 28.8 Å². The molecule has 0 spiro atoms. The number of carbonyl (C=O) groups excluding carboxylic acids is 3. The van der Waals surface area contributed by atoms with E-state index in [4.69, 9.17) is 0 Å². The highest BCUT2D eigenvalue weighted by Crippen LogP contribution is 2.59. The third kappa shape index (κ3) is 4.59. The van der Waals surface area contributed by atoms with Crippen LogP contribution in [0.4, 0.5) is 0 Å². The van der Waals surface area contributed by atoms with Crippen LogP contribution in [0.2, 0.25) is 0 Å². The fourth-order valence-corrected chi connectivity index (χ4v) is 5.38. The lowest BCUT2D eigenvalue weighted by molar-refractivity contribution is -0.140. The lowest BCUT2D eigenvalue weighted by Crippen LogP contribution is -2.52. The van der Waals surface area contributed by atoms with E-state index in [9.17, 15) is 14.4 Å². The number of ketones is 1. The summed E-state index contributed by atoms with van der Waals surface area (Å²) in [7, 11) is 0. The first-order valence-electron chi connectivity index (χ1n) is 13.2. The monoisotopic (exact) mass is 516 g/mol. The van der Waals surface area contributed by atoms with E-state index in [2.05, 4.69) is 48.1 Å². The SMILES string of the molecule is CC(=O)c1nn(CC(=O)N2[C@H](C(=O)NC(C)C(C)(C)C)C[C@@]3(C)C[C@@H]23)c2ccc(-c3cnc(C)nc3)cc12. The van der Waals surface area contributed by atoms with E-state index in [0.717, 1.165) is 17.5 Å². The Labute approximate surface area is 223 Å². The van der Waals surface area contributed by atoms with Crippen LogP contribution in [-0.2, 0) is 16.1 Å². The molecule has 5 rings (SSSR count). The Morgan fingerprint density at radius 2 is 1.82 bits per heavy atom. The maximum absolute atomic E-state index is 13.7. The summed E-state index contributed by atoms with van der Waals surface area (Å²) in [4.78, 5) is 49.8. The summed E-state index contributed by atoms with van der Waals surface area (Å²) in [6.45, 7) is 13.7. The molecule has 1 unspecified atom stereocenters. The summed E-state index contributed by atoms with van der Waals surface area (Å²) in [5, 5.41) is 8.35. The van der Waals surface area contributed by atoms with Gasteiger partial charge in [-0.1, -0.05) is 33.8 Å². The number of rotatable bonds is 6. The van der Waals surface area contributed by atoms with Crippen molar-refractivity contribution in [3.8, 4) is 11.1 Å². The van der Waals surface area contributed by atoms with Gasteiger partial charge in [0.15, 0.2) is 5.78 Å². The van der Waals surface area contributed by atoms with Crippen LogP contribution in [0.3, 0.4) is 0 Å². The average Bonchev–Trinajstić information content (AvgIpc) is 3.21. The van der Waals surface area contributed by atoms with E-state index in [1.807, 2.05) is 32.0 Å². The fraction of sp³-hybridized carbons (Fsp3) is 0.517. The minimum Gasteiger partial charge on any atom is -0.351 e. The second-order valence-corrected chi connectivity index (χ2v) is 12.3. The first-order chi connectivity index (χ1) is 17.8. The van der Waals surface area contributed by atoms with Crippen LogP contribution >= 0.6 is 0 Å². The van der Waals surface area contributed by atoms with Crippen molar-refractivity contribution in [3.63, 3.8) is 0 Å². The smallest absolute Gasteiger partial charge is 0.245 e. The number of carbonyl (C=O) groups is 3. The molecule has 4 atom stereocenters. The van der Waals surface area contributed by atoms with Crippen molar-refractivity contribution < 1.29 is 14.4 Å². The Morgan fingerprint density at radius 3 is 2.45 bits per heavy atom. The fourth-order valence-electron chi connectivity index (χ4n) is 5.38. The van der Waals surface area contributed by atoms with Crippen LogP contribution < -0.4 is 5.32 Å². The summed E-state index contributed by atoms with van der Waals surface area (Å²) >= 11 is 0. The Kier molecular flexibility index (Phi) is 6.16. The van der Waals surface area contributed by atoms with Crippen molar-refractivity contribution in [2.75, 3.05) is 0 Å². The van der Waals surface area contributed by atoms with Gasteiger partial charge in [0.2, 0.25) is 11.8 Å². The molecule has 2 aliphatic rings. The topological polar surface area (TPSA) is 110 Å². The summed E-state index contributed by atoms with van der Waals surface area (Å²) in [5.74, 6) is 0.242. The molecule has 1 aliphatic heterocycles. The van der Waals surface area contributed by atoms with Gasteiger partial charge in [0.25, 0.3) is 0 Å². The number of amides is 2. The normalized spacial score (nSPS) is 23.3. The zero-order chi connectivity index (χ0) is 27.6. The first-order valence-corrected chi connectivity index (χ1v) is 13.2.